The first-order valence-electron chi connectivity index (χ1n) is 3.85. The smallest absolute Gasteiger partial charge is 0.130 e. The molecule has 0 aliphatic rings. The number of benzene rings is 1. The van der Waals surface area contributed by atoms with Crippen LogP contribution < -0.4 is 5.73 Å². The molecule has 0 radical (unpaired) electrons. The molecule has 2 N–H and O–H groups in total. The molecule has 2 nitrogen and oxygen atoms in total. The van der Waals surface area contributed by atoms with Crippen LogP contribution in [0, 0.1) is 11.6 Å². The van der Waals surface area contributed by atoms with E-state index >= 15 is 0 Å². The molecule has 0 unspecified atom stereocenters. The molecular formula is C9H11F2NO. The third kappa shape index (κ3) is 2.23. The summed E-state index contributed by atoms with van der Waals surface area (Å²) in [6.07, 6.45) is 0. The van der Waals surface area contributed by atoms with Crippen molar-refractivity contribution in [2.75, 3.05) is 13.7 Å². The molecule has 1 rings (SSSR count). The molecule has 72 valence electrons. The quantitative estimate of drug-likeness (QED) is 0.780. The largest absolute Gasteiger partial charge is 0.383 e. The van der Waals surface area contributed by atoms with E-state index in [4.69, 9.17) is 10.5 Å². The lowest BCUT2D eigenvalue weighted by Crippen LogP contribution is -2.19. The van der Waals surface area contributed by atoms with Gasteiger partial charge in [0.2, 0.25) is 0 Å². The SMILES string of the molecule is COC[C@H](N)c1c(F)cccc1F. The Labute approximate surface area is 75.3 Å². The van der Waals surface area contributed by atoms with E-state index in [2.05, 4.69) is 0 Å². The lowest BCUT2D eigenvalue weighted by atomic mass is 10.1. The molecule has 13 heavy (non-hydrogen) atoms. The summed E-state index contributed by atoms with van der Waals surface area (Å²) in [5, 5.41) is 0. The van der Waals surface area contributed by atoms with Crippen molar-refractivity contribution in [2.24, 2.45) is 5.73 Å². The molecule has 0 aliphatic carbocycles. The molecule has 0 aliphatic heterocycles. The van der Waals surface area contributed by atoms with Crippen molar-refractivity contribution in [3.8, 4) is 0 Å². The third-order valence-electron chi connectivity index (χ3n) is 1.72. The Balaban J connectivity index is 2.98. The van der Waals surface area contributed by atoms with Crippen molar-refractivity contribution in [3.63, 3.8) is 0 Å². The number of ether oxygens (including phenoxy) is 1. The van der Waals surface area contributed by atoms with E-state index in [0.717, 1.165) is 0 Å². The number of hydrogen-bond donors (Lipinski definition) is 1. The molecule has 1 aromatic rings. The molecule has 4 heteroatoms. The molecular weight excluding hydrogens is 176 g/mol. The maximum Gasteiger partial charge on any atom is 0.130 e. The van der Waals surface area contributed by atoms with Gasteiger partial charge in [-0.05, 0) is 12.1 Å². The molecule has 0 amide bonds. The number of hydrogen-bond acceptors (Lipinski definition) is 2. The zero-order valence-corrected chi connectivity index (χ0v) is 7.26. The van der Waals surface area contributed by atoms with Gasteiger partial charge in [-0.1, -0.05) is 6.07 Å². The second kappa shape index (κ2) is 4.30. The molecule has 0 heterocycles. The highest BCUT2D eigenvalue weighted by molar-refractivity contribution is 5.22. The van der Waals surface area contributed by atoms with Crippen LogP contribution >= 0.6 is 0 Å². The van der Waals surface area contributed by atoms with E-state index < -0.39 is 17.7 Å². The van der Waals surface area contributed by atoms with Gasteiger partial charge in [0.15, 0.2) is 0 Å². The summed E-state index contributed by atoms with van der Waals surface area (Å²) in [7, 11) is 1.43. The third-order valence-corrected chi connectivity index (χ3v) is 1.72. The van der Waals surface area contributed by atoms with Gasteiger partial charge in [0.05, 0.1) is 12.6 Å². The van der Waals surface area contributed by atoms with Gasteiger partial charge in [0, 0.05) is 12.7 Å². The molecule has 0 fully saturated rings. The van der Waals surface area contributed by atoms with E-state index in [1.807, 2.05) is 0 Å². The summed E-state index contributed by atoms with van der Waals surface area (Å²) in [5.41, 5.74) is 5.38. The topological polar surface area (TPSA) is 35.2 Å². The van der Waals surface area contributed by atoms with Gasteiger partial charge < -0.3 is 10.5 Å². The van der Waals surface area contributed by atoms with Gasteiger partial charge in [-0.25, -0.2) is 8.78 Å². The van der Waals surface area contributed by atoms with Crippen LogP contribution in [0.1, 0.15) is 11.6 Å². The predicted octanol–water partition coefficient (Wildman–Crippen LogP) is 1.61. The highest BCUT2D eigenvalue weighted by Gasteiger charge is 2.15. The summed E-state index contributed by atoms with van der Waals surface area (Å²) in [4.78, 5) is 0. The van der Waals surface area contributed by atoms with Gasteiger partial charge in [-0.2, -0.15) is 0 Å². The molecule has 0 saturated heterocycles. The molecule has 0 spiro atoms. The van der Waals surface area contributed by atoms with Crippen LogP contribution in [0.15, 0.2) is 18.2 Å². The van der Waals surface area contributed by atoms with Crippen molar-refractivity contribution >= 4 is 0 Å². The van der Waals surface area contributed by atoms with Crippen LogP contribution in [0.5, 0.6) is 0 Å². The van der Waals surface area contributed by atoms with Crippen LogP contribution in [0.3, 0.4) is 0 Å². The molecule has 0 aromatic heterocycles. The van der Waals surface area contributed by atoms with Crippen LogP contribution in [0.4, 0.5) is 8.78 Å². The Morgan fingerprint density at radius 1 is 1.38 bits per heavy atom. The molecule has 1 aromatic carbocycles. The maximum atomic E-state index is 13.0. The van der Waals surface area contributed by atoms with Crippen molar-refractivity contribution in [2.45, 2.75) is 6.04 Å². The molecule has 0 saturated carbocycles. The lowest BCUT2D eigenvalue weighted by Gasteiger charge is -2.12. The Morgan fingerprint density at radius 2 is 1.92 bits per heavy atom. The van der Waals surface area contributed by atoms with Crippen LogP contribution in [-0.4, -0.2) is 13.7 Å². The number of methoxy groups -OCH3 is 1. The summed E-state index contributed by atoms with van der Waals surface area (Å²) in [6, 6.07) is 2.89. The van der Waals surface area contributed by atoms with Gasteiger partial charge in [0.25, 0.3) is 0 Å². The number of halogens is 2. The zero-order valence-electron chi connectivity index (χ0n) is 7.26. The fourth-order valence-corrected chi connectivity index (χ4v) is 1.13. The average molecular weight is 187 g/mol. The zero-order chi connectivity index (χ0) is 9.84. The predicted molar refractivity (Wildman–Crippen MR) is 45.2 cm³/mol. The standard InChI is InChI=1S/C9H11F2NO/c1-13-5-8(12)9-6(10)3-2-4-7(9)11/h2-4,8H,5,12H2,1H3/t8-/m0/s1. The molecule has 0 bridgehead atoms. The Bertz CT molecular complexity index is 271. The van der Waals surface area contributed by atoms with E-state index in [-0.39, 0.29) is 12.2 Å². The monoisotopic (exact) mass is 187 g/mol. The van der Waals surface area contributed by atoms with Gasteiger partial charge in [-0.3, -0.25) is 0 Å². The number of nitrogens with two attached hydrogens (primary N) is 1. The van der Waals surface area contributed by atoms with Gasteiger partial charge in [-0.15, -0.1) is 0 Å². The summed E-state index contributed by atoms with van der Waals surface area (Å²) >= 11 is 0. The van der Waals surface area contributed by atoms with Crippen molar-refractivity contribution in [3.05, 3.63) is 35.4 Å². The van der Waals surface area contributed by atoms with Gasteiger partial charge in [0.1, 0.15) is 11.6 Å². The minimum Gasteiger partial charge on any atom is -0.383 e. The minimum absolute atomic E-state index is 0.0951. The summed E-state index contributed by atoms with van der Waals surface area (Å²) in [6.45, 7) is 0.0951. The Hall–Kier alpha value is -1.00. The highest BCUT2D eigenvalue weighted by Crippen LogP contribution is 2.18. The molecule has 1 atom stereocenters. The average Bonchev–Trinajstić information content (AvgIpc) is 2.04. The first-order chi connectivity index (χ1) is 6.16. The van der Waals surface area contributed by atoms with E-state index in [1.54, 1.807) is 0 Å². The fraction of sp³-hybridized carbons (Fsp3) is 0.333. The van der Waals surface area contributed by atoms with Crippen molar-refractivity contribution < 1.29 is 13.5 Å². The highest BCUT2D eigenvalue weighted by atomic mass is 19.1. The number of rotatable bonds is 3. The van der Waals surface area contributed by atoms with Crippen LogP contribution in [0.2, 0.25) is 0 Å². The summed E-state index contributed by atoms with van der Waals surface area (Å²) < 4.78 is 30.8. The second-order valence-electron chi connectivity index (χ2n) is 2.70. The summed E-state index contributed by atoms with van der Waals surface area (Å²) in [5.74, 6) is -1.27. The first-order valence-corrected chi connectivity index (χ1v) is 3.85. The second-order valence-corrected chi connectivity index (χ2v) is 2.70. The fourth-order valence-electron chi connectivity index (χ4n) is 1.13. The van der Waals surface area contributed by atoms with E-state index in [9.17, 15) is 8.78 Å². The van der Waals surface area contributed by atoms with E-state index in [0.29, 0.717) is 0 Å². The Kier molecular flexibility index (Phi) is 3.33. The Morgan fingerprint density at radius 3 is 2.38 bits per heavy atom. The minimum atomic E-state index is -0.758. The van der Waals surface area contributed by atoms with Crippen LogP contribution in [0.25, 0.3) is 0 Å². The lowest BCUT2D eigenvalue weighted by molar-refractivity contribution is 0.178. The normalized spacial score (nSPS) is 12.9. The van der Waals surface area contributed by atoms with E-state index in [1.165, 1.54) is 25.3 Å². The van der Waals surface area contributed by atoms with Crippen molar-refractivity contribution in [1.82, 2.24) is 0 Å². The maximum absolute atomic E-state index is 13.0. The first kappa shape index (κ1) is 10.1. The van der Waals surface area contributed by atoms with Crippen LogP contribution in [-0.2, 0) is 4.74 Å². The van der Waals surface area contributed by atoms with Crippen molar-refractivity contribution in [1.29, 1.82) is 0 Å². The van der Waals surface area contributed by atoms with Gasteiger partial charge >= 0.3 is 0 Å².